The highest BCUT2D eigenvalue weighted by Crippen LogP contribution is 2.19. The molecule has 2 aromatic rings. The van der Waals surface area contributed by atoms with E-state index in [4.69, 9.17) is 0 Å². The zero-order chi connectivity index (χ0) is 22.4. The first kappa shape index (κ1) is 23.4. The fourth-order valence-corrected chi connectivity index (χ4v) is 5.34. The first-order chi connectivity index (χ1) is 14.8. The van der Waals surface area contributed by atoms with E-state index < -0.39 is 10.0 Å². The number of carbonyl (C=O) groups excluding carboxylic acids is 1. The maximum atomic E-state index is 13.0. The molecule has 0 aliphatic carbocycles. The Hall–Kier alpha value is -2.22. The second-order valence-corrected chi connectivity index (χ2v) is 10.2. The molecule has 1 amide bonds. The number of aryl methyl sites for hydroxylation is 2. The van der Waals surface area contributed by atoms with Crippen LogP contribution >= 0.6 is 0 Å². The summed E-state index contributed by atoms with van der Waals surface area (Å²) in [6.07, 6.45) is 1.52. The van der Waals surface area contributed by atoms with Crippen LogP contribution in [0.2, 0.25) is 0 Å². The third-order valence-corrected chi connectivity index (χ3v) is 7.71. The van der Waals surface area contributed by atoms with Crippen LogP contribution in [0.3, 0.4) is 0 Å². The highest BCUT2D eigenvalue weighted by molar-refractivity contribution is 7.89. The minimum absolute atomic E-state index is 0.0153. The van der Waals surface area contributed by atoms with Crippen molar-refractivity contribution in [2.45, 2.75) is 44.6 Å². The molecule has 7 heteroatoms. The lowest BCUT2D eigenvalue weighted by Gasteiger charge is -2.23. The summed E-state index contributed by atoms with van der Waals surface area (Å²) in [4.78, 5) is 15.1. The summed E-state index contributed by atoms with van der Waals surface area (Å²) < 4.78 is 27.5. The Kier molecular flexibility index (Phi) is 7.86. The maximum absolute atomic E-state index is 13.0. The molecule has 1 saturated heterocycles. The van der Waals surface area contributed by atoms with Gasteiger partial charge in [0.2, 0.25) is 15.9 Å². The van der Waals surface area contributed by atoms with Crippen molar-refractivity contribution in [2.24, 2.45) is 0 Å². The SMILES string of the molecule is CC[C@@H](NC(=O)CN1CCCN(S(=O)(=O)c2ccc(C)cc2)CC1)c1ccc(C)cc1. The van der Waals surface area contributed by atoms with Crippen LogP contribution in [0.5, 0.6) is 0 Å². The number of benzene rings is 2. The van der Waals surface area contributed by atoms with E-state index in [0.717, 1.165) is 17.5 Å². The second-order valence-electron chi connectivity index (χ2n) is 8.29. The molecule has 1 aliphatic heterocycles. The van der Waals surface area contributed by atoms with E-state index in [1.165, 1.54) is 9.87 Å². The fraction of sp³-hybridized carbons (Fsp3) is 0.458. The molecule has 0 bridgehead atoms. The van der Waals surface area contributed by atoms with Gasteiger partial charge in [-0.05, 0) is 50.9 Å². The Labute approximate surface area is 186 Å². The number of carbonyl (C=O) groups is 1. The van der Waals surface area contributed by atoms with Gasteiger partial charge in [0.25, 0.3) is 0 Å². The van der Waals surface area contributed by atoms with Crippen LogP contribution in [0.1, 0.15) is 42.5 Å². The number of hydrogen-bond acceptors (Lipinski definition) is 4. The van der Waals surface area contributed by atoms with E-state index in [2.05, 4.69) is 36.5 Å². The van der Waals surface area contributed by atoms with Gasteiger partial charge >= 0.3 is 0 Å². The van der Waals surface area contributed by atoms with E-state index in [-0.39, 0.29) is 18.5 Å². The Morgan fingerprint density at radius 2 is 1.55 bits per heavy atom. The quantitative estimate of drug-likeness (QED) is 0.713. The van der Waals surface area contributed by atoms with Gasteiger partial charge in [0.1, 0.15) is 0 Å². The van der Waals surface area contributed by atoms with Gasteiger partial charge in [0.15, 0.2) is 0 Å². The molecule has 2 aromatic carbocycles. The molecule has 6 nitrogen and oxygen atoms in total. The van der Waals surface area contributed by atoms with E-state index in [0.29, 0.717) is 37.5 Å². The molecule has 1 atom stereocenters. The third kappa shape index (κ3) is 6.15. The molecule has 168 valence electrons. The lowest BCUT2D eigenvalue weighted by molar-refractivity contribution is -0.123. The molecule has 0 unspecified atom stereocenters. The van der Waals surface area contributed by atoms with Gasteiger partial charge in [-0.1, -0.05) is 54.4 Å². The smallest absolute Gasteiger partial charge is 0.243 e. The maximum Gasteiger partial charge on any atom is 0.243 e. The summed E-state index contributed by atoms with van der Waals surface area (Å²) in [6, 6.07) is 15.2. The first-order valence-corrected chi connectivity index (χ1v) is 12.4. The minimum Gasteiger partial charge on any atom is -0.348 e. The van der Waals surface area contributed by atoms with Crippen LogP contribution in [0, 0.1) is 13.8 Å². The largest absolute Gasteiger partial charge is 0.348 e. The average molecular weight is 444 g/mol. The van der Waals surface area contributed by atoms with Crippen LogP contribution in [-0.2, 0) is 14.8 Å². The van der Waals surface area contributed by atoms with Gasteiger partial charge in [-0.3, -0.25) is 9.69 Å². The van der Waals surface area contributed by atoms with Gasteiger partial charge in [0, 0.05) is 19.6 Å². The predicted molar refractivity (Wildman–Crippen MR) is 123 cm³/mol. The van der Waals surface area contributed by atoms with Crippen LogP contribution in [0.4, 0.5) is 0 Å². The van der Waals surface area contributed by atoms with Crippen molar-refractivity contribution in [2.75, 3.05) is 32.7 Å². The van der Waals surface area contributed by atoms with Crippen LogP contribution in [0.25, 0.3) is 0 Å². The summed E-state index contributed by atoms with van der Waals surface area (Å²) in [5.74, 6) is -0.0257. The van der Waals surface area contributed by atoms with E-state index in [9.17, 15) is 13.2 Å². The molecule has 0 radical (unpaired) electrons. The highest BCUT2D eigenvalue weighted by atomic mass is 32.2. The summed E-state index contributed by atoms with van der Waals surface area (Å²) in [7, 11) is -3.51. The summed E-state index contributed by atoms with van der Waals surface area (Å²) in [5.41, 5.74) is 3.33. The molecule has 31 heavy (non-hydrogen) atoms. The van der Waals surface area contributed by atoms with Crippen LogP contribution in [-0.4, -0.2) is 56.3 Å². The molecule has 0 aromatic heterocycles. The van der Waals surface area contributed by atoms with Crippen molar-refractivity contribution in [1.82, 2.24) is 14.5 Å². The zero-order valence-corrected chi connectivity index (χ0v) is 19.5. The first-order valence-electron chi connectivity index (χ1n) is 10.9. The van der Waals surface area contributed by atoms with E-state index in [1.54, 1.807) is 12.1 Å². The topological polar surface area (TPSA) is 69.7 Å². The average Bonchev–Trinajstić information content (AvgIpc) is 2.99. The number of amides is 1. The standard InChI is InChI=1S/C24H33N3O3S/c1-4-23(21-10-6-19(2)7-11-21)25-24(28)18-26-14-5-15-27(17-16-26)31(29,30)22-12-8-20(3)9-13-22/h6-13,23H,4-5,14-18H2,1-3H3,(H,25,28)/t23-/m1/s1. The molecule has 1 aliphatic rings. The van der Waals surface area contributed by atoms with Gasteiger partial charge in [0.05, 0.1) is 17.5 Å². The number of sulfonamides is 1. The number of nitrogens with zero attached hydrogens (tertiary/aromatic N) is 2. The third-order valence-electron chi connectivity index (χ3n) is 5.80. The van der Waals surface area contributed by atoms with Crippen LogP contribution < -0.4 is 5.32 Å². The van der Waals surface area contributed by atoms with Crippen LogP contribution in [0.15, 0.2) is 53.4 Å². The Bertz CT molecular complexity index is 972. The zero-order valence-electron chi connectivity index (χ0n) is 18.7. The van der Waals surface area contributed by atoms with Crippen molar-refractivity contribution in [1.29, 1.82) is 0 Å². The van der Waals surface area contributed by atoms with E-state index >= 15 is 0 Å². The molecular weight excluding hydrogens is 410 g/mol. The second kappa shape index (κ2) is 10.4. The molecular formula is C24H33N3O3S. The van der Waals surface area contributed by atoms with Crippen molar-refractivity contribution in [3.63, 3.8) is 0 Å². The van der Waals surface area contributed by atoms with Gasteiger partial charge in [-0.15, -0.1) is 0 Å². The Balaban J connectivity index is 1.57. The molecule has 0 spiro atoms. The van der Waals surface area contributed by atoms with E-state index in [1.807, 2.05) is 30.9 Å². The molecule has 3 rings (SSSR count). The number of rotatable bonds is 7. The molecule has 1 fully saturated rings. The normalized spacial score (nSPS) is 17.1. The molecule has 1 N–H and O–H groups in total. The van der Waals surface area contributed by atoms with Gasteiger partial charge < -0.3 is 5.32 Å². The minimum atomic E-state index is -3.51. The molecule has 1 heterocycles. The monoisotopic (exact) mass is 443 g/mol. The van der Waals surface area contributed by atoms with Gasteiger partial charge in [-0.25, -0.2) is 8.42 Å². The Morgan fingerprint density at radius 1 is 0.935 bits per heavy atom. The predicted octanol–water partition coefficient (Wildman–Crippen LogP) is 3.27. The van der Waals surface area contributed by atoms with Crippen molar-refractivity contribution in [3.8, 4) is 0 Å². The summed E-state index contributed by atoms with van der Waals surface area (Å²) in [5, 5.41) is 3.13. The fourth-order valence-electron chi connectivity index (χ4n) is 3.87. The highest BCUT2D eigenvalue weighted by Gasteiger charge is 2.27. The lowest BCUT2D eigenvalue weighted by atomic mass is 10.0. The summed E-state index contributed by atoms with van der Waals surface area (Å²) >= 11 is 0. The Morgan fingerprint density at radius 3 is 2.16 bits per heavy atom. The number of nitrogens with one attached hydrogen (secondary N) is 1. The van der Waals surface area contributed by atoms with Gasteiger partial charge in [-0.2, -0.15) is 4.31 Å². The van der Waals surface area contributed by atoms with Crippen molar-refractivity contribution < 1.29 is 13.2 Å². The summed E-state index contributed by atoms with van der Waals surface area (Å²) in [6.45, 7) is 8.42. The number of hydrogen-bond donors (Lipinski definition) is 1. The lowest BCUT2D eigenvalue weighted by Crippen LogP contribution is -2.41. The molecule has 0 saturated carbocycles. The van der Waals surface area contributed by atoms with Crippen molar-refractivity contribution in [3.05, 3.63) is 65.2 Å². The van der Waals surface area contributed by atoms with Crippen molar-refractivity contribution >= 4 is 15.9 Å².